The van der Waals surface area contributed by atoms with E-state index in [0.717, 1.165) is 18.5 Å². The lowest BCUT2D eigenvalue weighted by Crippen LogP contribution is -2.62. The van der Waals surface area contributed by atoms with Crippen LogP contribution in [0.15, 0.2) is 0 Å². The van der Waals surface area contributed by atoms with Crippen LogP contribution in [0.3, 0.4) is 0 Å². The Morgan fingerprint density at radius 2 is 1.90 bits per heavy atom. The molecule has 0 aromatic rings. The molecular weight excluding hydrogens is 246 g/mol. The summed E-state index contributed by atoms with van der Waals surface area (Å²) in [5.41, 5.74) is 6.49. The molecular formula is C17H35N3. The Morgan fingerprint density at radius 3 is 2.40 bits per heavy atom. The van der Waals surface area contributed by atoms with Gasteiger partial charge >= 0.3 is 0 Å². The van der Waals surface area contributed by atoms with Crippen LogP contribution in [-0.4, -0.2) is 54.6 Å². The summed E-state index contributed by atoms with van der Waals surface area (Å²) >= 11 is 0. The first kappa shape index (κ1) is 16.3. The van der Waals surface area contributed by atoms with Gasteiger partial charge in [-0.05, 0) is 72.0 Å². The third-order valence-corrected chi connectivity index (χ3v) is 6.43. The van der Waals surface area contributed by atoms with Crippen LogP contribution in [-0.2, 0) is 0 Å². The van der Waals surface area contributed by atoms with Crippen LogP contribution in [0, 0.1) is 5.92 Å². The molecule has 3 nitrogen and oxygen atoms in total. The van der Waals surface area contributed by atoms with Gasteiger partial charge in [-0.2, -0.15) is 0 Å². The summed E-state index contributed by atoms with van der Waals surface area (Å²) in [5.74, 6) is 0.977. The first-order valence-electron chi connectivity index (χ1n) is 8.65. The Bertz CT molecular complexity index is 299. The van der Waals surface area contributed by atoms with Crippen molar-refractivity contribution in [2.45, 2.75) is 76.4 Å². The van der Waals surface area contributed by atoms with E-state index in [-0.39, 0.29) is 5.54 Å². The average molecular weight is 281 g/mol. The first-order valence-corrected chi connectivity index (χ1v) is 8.65. The molecule has 2 fully saturated rings. The van der Waals surface area contributed by atoms with Crippen molar-refractivity contribution >= 4 is 0 Å². The molecule has 2 unspecified atom stereocenters. The van der Waals surface area contributed by atoms with Crippen LogP contribution in [0.1, 0.15) is 58.8 Å². The fraction of sp³-hybridized carbons (Fsp3) is 1.00. The van der Waals surface area contributed by atoms with Crippen molar-refractivity contribution in [3.8, 4) is 0 Å². The van der Waals surface area contributed by atoms with Crippen molar-refractivity contribution in [3.05, 3.63) is 0 Å². The van der Waals surface area contributed by atoms with E-state index in [9.17, 15) is 0 Å². The molecule has 0 aromatic heterocycles. The van der Waals surface area contributed by atoms with Gasteiger partial charge in [0, 0.05) is 24.2 Å². The number of rotatable bonds is 4. The van der Waals surface area contributed by atoms with Crippen molar-refractivity contribution in [2.24, 2.45) is 11.7 Å². The van der Waals surface area contributed by atoms with Gasteiger partial charge in [-0.3, -0.25) is 4.90 Å². The second-order valence-electron chi connectivity index (χ2n) is 7.41. The maximum Gasteiger partial charge on any atom is 0.0358 e. The summed E-state index contributed by atoms with van der Waals surface area (Å²) in [6.07, 6.45) is 9.41. The summed E-state index contributed by atoms with van der Waals surface area (Å²) in [6, 6.07) is 1.42. The Labute approximate surface area is 125 Å². The minimum Gasteiger partial charge on any atom is -0.329 e. The minimum absolute atomic E-state index is 0.246. The molecule has 1 heterocycles. The van der Waals surface area contributed by atoms with Crippen LogP contribution in [0.5, 0.6) is 0 Å². The Morgan fingerprint density at radius 1 is 1.25 bits per heavy atom. The van der Waals surface area contributed by atoms with E-state index >= 15 is 0 Å². The van der Waals surface area contributed by atoms with Crippen LogP contribution < -0.4 is 5.73 Å². The quantitative estimate of drug-likeness (QED) is 0.860. The van der Waals surface area contributed by atoms with Gasteiger partial charge in [-0.1, -0.05) is 13.3 Å². The Balaban J connectivity index is 2.00. The SMILES string of the molecule is CCC1CCC(N(C)C2(CN)CCN(C)C(C)C2)CC1. The van der Waals surface area contributed by atoms with Crippen molar-refractivity contribution in [2.75, 3.05) is 27.2 Å². The van der Waals surface area contributed by atoms with E-state index in [1.165, 1.54) is 51.5 Å². The number of piperidine rings is 1. The zero-order valence-corrected chi connectivity index (χ0v) is 14.1. The Kier molecular flexibility index (Phi) is 5.49. The number of nitrogens with two attached hydrogens (primary N) is 1. The normalized spacial score (nSPS) is 40.2. The number of hydrogen-bond acceptors (Lipinski definition) is 3. The van der Waals surface area contributed by atoms with E-state index < -0.39 is 0 Å². The number of nitrogens with zero attached hydrogens (tertiary/aromatic N) is 2. The summed E-state index contributed by atoms with van der Waals surface area (Å²) in [5, 5.41) is 0. The Hall–Kier alpha value is -0.120. The van der Waals surface area contributed by atoms with Crippen molar-refractivity contribution < 1.29 is 0 Å². The van der Waals surface area contributed by atoms with Gasteiger partial charge in [-0.15, -0.1) is 0 Å². The van der Waals surface area contributed by atoms with Gasteiger partial charge in [0.1, 0.15) is 0 Å². The molecule has 0 aromatic carbocycles. The molecule has 118 valence electrons. The lowest BCUT2D eigenvalue weighted by atomic mass is 9.78. The van der Waals surface area contributed by atoms with E-state index in [1.807, 2.05) is 0 Å². The lowest BCUT2D eigenvalue weighted by molar-refractivity contribution is -0.0119. The summed E-state index contributed by atoms with van der Waals surface area (Å²) in [7, 11) is 4.60. The predicted molar refractivity (Wildman–Crippen MR) is 86.9 cm³/mol. The second kappa shape index (κ2) is 6.76. The lowest BCUT2D eigenvalue weighted by Gasteiger charge is -2.52. The third-order valence-electron chi connectivity index (χ3n) is 6.43. The highest BCUT2D eigenvalue weighted by Crippen LogP contribution is 2.36. The zero-order valence-electron chi connectivity index (χ0n) is 14.1. The zero-order chi connectivity index (χ0) is 14.8. The molecule has 1 aliphatic heterocycles. The largest absolute Gasteiger partial charge is 0.329 e. The fourth-order valence-corrected chi connectivity index (χ4v) is 4.39. The molecule has 1 saturated carbocycles. The molecule has 2 atom stereocenters. The van der Waals surface area contributed by atoms with E-state index in [4.69, 9.17) is 5.73 Å². The summed E-state index contributed by atoms with van der Waals surface area (Å²) in [4.78, 5) is 5.16. The standard InChI is InChI=1S/C17H35N3/c1-5-15-6-8-16(9-7-15)20(4)17(13-18)10-11-19(3)14(2)12-17/h14-16H,5-13,18H2,1-4H3. The highest BCUT2D eigenvalue weighted by Gasteiger charge is 2.42. The average Bonchev–Trinajstić information content (AvgIpc) is 2.49. The fourth-order valence-electron chi connectivity index (χ4n) is 4.39. The van der Waals surface area contributed by atoms with Crippen molar-refractivity contribution in [1.82, 2.24) is 9.80 Å². The van der Waals surface area contributed by atoms with Gasteiger partial charge in [0.25, 0.3) is 0 Å². The molecule has 0 radical (unpaired) electrons. The molecule has 2 aliphatic rings. The van der Waals surface area contributed by atoms with Gasteiger partial charge in [0.15, 0.2) is 0 Å². The third kappa shape index (κ3) is 3.20. The highest BCUT2D eigenvalue weighted by molar-refractivity contribution is 5.00. The molecule has 1 saturated heterocycles. The van der Waals surface area contributed by atoms with Crippen LogP contribution >= 0.6 is 0 Å². The van der Waals surface area contributed by atoms with E-state index in [1.54, 1.807) is 0 Å². The second-order valence-corrected chi connectivity index (χ2v) is 7.41. The van der Waals surface area contributed by atoms with Gasteiger partial charge in [-0.25, -0.2) is 0 Å². The molecule has 2 rings (SSSR count). The van der Waals surface area contributed by atoms with Gasteiger partial charge in [0.05, 0.1) is 0 Å². The number of likely N-dealkylation sites (N-methyl/N-ethyl adjacent to an activating group) is 1. The maximum absolute atomic E-state index is 6.25. The van der Waals surface area contributed by atoms with E-state index in [0.29, 0.717) is 6.04 Å². The van der Waals surface area contributed by atoms with Crippen LogP contribution in [0.4, 0.5) is 0 Å². The molecule has 0 bridgehead atoms. The molecule has 0 amide bonds. The summed E-state index contributed by atoms with van der Waals surface area (Å²) in [6.45, 7) is 6.70. The molecule has 2 N–H and O–H groups in total. The summed E-state index contributed by atoms with van der Waals surface area (Å²) < 4.78 is 0. The van der Waals surface area contributed by atoms with Crippen molar-refractivity contribution in [3.63, 3.8) is 0 Å². The van der Waals surface area contributed by atoms with Gasteiger partial charge < -0.3 is 10.6 Å². The van der Waals surface area contributed by atoms with E-state index in [2.05, 4.69) is 37.7 Å². The number of likely N-dealkylation sites (tertiary alicyclic amines) is 1. The van der Waals surface area contributed by atoms with Crippen molar-refractivity contribution in [1.29, 1.82) is 0 Å². The first-order chi connectivity index (χ1) is 9.52. The number of hydrogen-bond donors (Lipinski definition) is 1. The molecule has 0 spiro atoms. The topological polar surface area (TPSA) is 32.5 Å². The minimum atomic E-state index is 0.246. The molecule has 20 heavy (non-hydrogen) atoms. The van der Waals surface area contributed by atoms with Crippen LogP contribution in [0.25, 0.3) is 0 Å². The predicted octanol–water partition coefficient (Wildman–Crippen LogP) is 2.70. The maximum atomic E-state index is 6.25. The van der Waals surface area contributed by atoms with Gasteiger partial charge in [0.2, 0.25) is 0 Å². The molecule has 1 aliphatic carbocycles. The highest BCUT2D eigenvalue weighted by atomic mass is 15.3. The van der Waals surface area contributed by atoms with Crippen LogP contribution in [0.2, 0.25) is 0 Å². The smallest absolute Gasteiger partial charge is 0.0358 e. The monoisotopic (exact) mass is 281 g/mol. The molecule has 3 heteroatoms.